The second-order valence-corrected chi connectivity index (χ2v) is 4.70. The molecule has 0 aromatic carbocycles. The van der Waals surface area contributed by atoms with Crippen molar-refractivity contribution in [1.29, 1.82) is 0 Å². The standard InChI is InChI=1S/C11H14F3N3O2/c12-11(13,14)7-3-5-17(6-4-7)10(19)8-1-2-9(18)16-15-8/h7H,1-6H2,(H,16,18). The minimum atomic E-state index is -4.19. The Labute approximate surface area is 107 Å². The molecule has 2 heterocycles. The van der Waals surface area contributed by atoms with Crippen LogP contribution in [-0.2, 0) is 9.59 Å². The van der Waals surface area contributed by atoms with Crippen LogP contribution in [0.3, 0.4) is 0 Å². The highest BCUT2D eigenvalue weighted by molar-refractivity contribution is 6.39. The van der Waals surface area contributed by atoms with Gasteiger partial charge in [-0.1, -0.05) is 0 Å². The Hall–Kier alpha value is -1.60. The second-order valence-electron chi connectivity index (χ2n) is 4.70. The molecule has 8 heteroatoms. The maximum Gasteiger partial charge on any atom is 0.391 e. The van der Waals surface area contributed by atoms with Crippen molar-refractivity contribution in [3.05, 3.63) is 0 Å². The lowest BCUT2D eigenvalue weighted by molar-refractivity contribution is -0.185. The van der Waals surface area contributed by atoms with Crippen LogP contribution in [0.5, 0.6) is 0 Å². The van der Waals surface area contributed by atoms with Crippen LogP contribution in [-0.4, -0.2) is 41.7 Å². The molecule has 0 unspecified atom stereocenters. The fraction of sp³-hybridized carbons (Fsp3) is 0.727. The molecule has 5 nitrogen and oxygen atoms in total. The van der Waals surface area contributed by atoms with Crippen LogP contribution in [0.4, 0.5) is 13.2 Å². The summed E-state index contributed by atoms with van der Waals surface area (Å²) in [7, 11) is 0. The summed E-state index contributed by atoms with van der Waals surface area (Å²) in [4.78, 5) is 24.2. The van der Waals surface area contributed by atoms with E-state index in [2.05, 4.69) is 10.5 Å². The third-order valence-electron chi connectivity index (χ3n) is 3.40. The molecule has 0 aromatic rings. The molecule has 2 amide bonds. The summed E-state index contributed by atoms with van der Waals surface area (Å²) in [6.45, 7) is 0.159. The third kappa shape index (κ3) is 3.24. The van der Waals surface area contributed by atoms with E-state index < -0.39 is 12.1 Å². The number of amides is 2. The molecule has 106 valence electrons. The predicted octanol–water partition coefficient (Wildman–Crippen LogP) is 1.05. The van der Waals surface area contributed by atoms with Crippen molar-refractivity contribution < 1.29 is 22.8 Å². The summed E-state index contributed by atoms with van der Waals surface area (Å²) in [5.41, 5.74) is 2.42. The number of nitrogens with one attached hydrogen (secondary N) is 1. The number of likely N-dealkylation sites (tertiary alicyclic amines) is 1. The van der Waals surface area contributed by atoms with Crippen molar-refractivity contribution in [1.82, 2.24) is 10.3 Å². The van der Waals surface area contributed by atoms with Crippen LogP contribution in [0.2, 0.25) is 0 Å². The normalized spacial score (nSPS) is 21.9. The summed E-state index contributed by atoms with van der Waals surface area (Å²) in [5, 5.41) is 3.66. The van der Waals surface area contributed by atoms with Gasteiger partial charge in [-0.3, -0.25) is 9.59 Å². The minimum Gasteiger partial charge on any atom is -0.338 e. The zero-order chi connectivity index (χ0) is 14.0. The smallest absolute Gasteiger partial charge is 0.338 e. The van der Waals surface area contributed by atoms with Crippen molar-refractivity contribution in [2.75, 3.05) is 13.1 Å². The first-order valence-electron chi connectivity index (χ1n) is 6.09. The molecule has 2 rings (SSSR count). The number of piperidine rings is 1. The van der Waals surface area contributed by atoms with Crippen molar-refractivity contribution in [2.24, 2.45) is 11.0 Å². The molecule has 0 atom stereocenters. The highest BCUT2D eigenvalue weighted by atomic mass is 19.4. The van der Waals surface area contributed by atoms with E-state index in [1.807, 2.05) is 0 Å². The molecule has 1 N–H and O–H groups in total. The molecule has 0 spiro atoms. The van der Waals surface area contributed by atoms with E-state index in [0.717, 1.165) is 0 Å². The van der Waals surface area contributed by atoms with Crippen LogP contribution in [0.1, 0.15) is 25.7 Å². The van der Waals surface area contributed by atoms with Crippen molar-refractivity contribution in [2.45, 2.75) is 31.9 Å². The van der Waals surface area contributed by atoms with Crippen LogP contribution in [0, 0.1) is 5.92 Å². The number of hydrazone groups is 1. The highest BCUT2D eigenvalue weighted by Gasteiger charge is 2.42. The van der Waals surface area contributed by atoms with Gasteiger partial charge in [0.2, 0.25) is 5.91 Å². The Morgan fingerprint density at radius 1 is 1.26 bits per heavy atom. The molecule has 0 aromatic heterocycles. The van der Waals surface area contributed by atoms with E-state index in [1.165, 1.54) is 4.90 Å². The summed E-state index contributed by atoms with van der Waals surface area (Å²) < 4.78 is 37.5. The molecule has 1 fully saturated rings. The topological polar surface area (TPSA) is 61.8 Å². The second kappa shape index (κ2) is 5.18. The zero-order valence-electron chi connectivity index (χ0n) is 10.2. The van der Waals surface area contributed by atoms with Crippen molar-refractivity contribution >= 4 is 17.5 Å². The molecule has 2 aliphatic rings. The van der Waals surface area contributed by atoms with Crippen LogP contribution in [0.25, 0.3) is 0 Å². The fourth-order valence-electron chi connectivity index (χ4n) is 2.22. The Morgan fingerprint density at radius 2 is 1.89 bits per heavy atom. The molecule has 0 saturated carbocycles. The zero-order valence-corrected chi connectivity index (χ0v) is 10.2. The van der Waals surface area contributed by atoms with E-state index in [4.69, 9.17) is 0 Å². The van der Waals surface area contributed by atoms with E-state index >= 15 is 0 Å². The first-order chi connectivity index (χ1) is 8.88. The molecule has 1 saturated heterocycles. The van der Waals surface area contributed by atoms with Gasteiger partial charge in [0.15, 0.2) is 0 Å². The summed E-state index contributed by atoms with van der Waals surface area (Å²) in [6, 6.07) is 0. The van der Waals surface area contributed by atoms with Gasteiger partial charge < -0.3 is 4.90 Å². The van der Waals surface area contributed by atoms with Crippen molar-refractivity contribution in [3.63, 3.8) is 0 Å². The van der Waals surface area contributed by atoms with Gasteiger partial charge in [-0.15, -0.1) is 0 Å². The summed E-state index contributed by atoms with van der Waals surface area (Å²) >= 11 is 0. The van der Waals surface area contributed by atoms with Gasteiger partial charge >= 0.3 is 6.18 Å². The molecule has 0 bridgehead atoms. The van der Waals surface area contributed by atoms with Gasteiger partial charge in [-0.25, -0.2) is 5.43 Å². The largest absolute Gasteiger partial charge is 0.391 e. The number of rotatable bonds is 1. The lowest BCUT2D eigenvalue weighted by Crippen LogP contribution is -2.46. The summed E-state index contributed by atoms with van der Waals surface area (Å²) in [6.07, 6.45) is -3.91. The van der Waals surface area contributed by atoms with Gasteiger partial charge in [-0.2, -0.15) is 18.3 Å². The number of nitrogens with zero attached hydrogens (tertiary/aromatic N) is 2. The average molecular weight is 277 g/mol. The van der Waals surface area contributed by atoms with Crippen LogP contribution < -0.4 is 5.43 Å². The minimum absolute atomic E-state index is 0.0745. The number of carbonyl (C=O) groups excluding carboxylic acids is 2. The lowest BCUT2D eigenvalue weighted by Gasteiger charge is -2.33. The van der Waals surface area contributed by atoms with Crippen LogP contribution >= 0.6 is 0 Å². The number of carbonyl (C=O) groups is 2. The Morgan fingerprint density at radius 3 is 2.37 bits per heavy atom. The molecule has 2 aliphatic heterocycles. The SMILES string of the molecule is O=C1CCC(C(=O)N2CCC(C(F)(F)F)CC2)=NN1. The average Bonchev–Trinajstić information content (AvgIpc) is 2.38. The molecular weight excluding hydrogens is 263 g/mol. The van der Waals surface area contributed by atoms with Gasteiger partial charge in [0.25, 0.3) is 5.91 Å². The monoisotopic (exact) mass is 277 g/mol. The molecule has 19 heavy (non-hydrogen) atoms. The van der Waals surface area contributed by atoms with Gasteiger partial charge in [0.05, 0.1) is 5.92 Å². The van der Waals surface area contributed by atoms with Gasteiger partial charge in [0, 0.05) is 25.9 Å². The van der Waals surface area contributed by atoms with E-state index in [9.17, 15) is 22.8 Å². The van der Waals surface area contributed by atoms with E-state index in [0.29, 0.717) is 0 Å². The first-order valence-corrected chi connectivity index (χ1v) is 6.09. The maximum atomic E-state index is 12.5. The van der Waals surface area contributed by atoms with Crippen molar-refractivity contribution in [3.8, 4) is 0 Å². The lowest BCUT2D eigenvalue weighted by atomic mass is 9.96. The third-order valence-corrected chi connectivity index (χ3v) is 3.40. The molecule has 0 radical (unpaired) electrons. The fourth-order valence-corrected chi connectivity index (χ4v) is 2.22. The maximum absolute atomic E-state index is 12.5. The van der Waals surface area contributed by atoms with Gasteiger partial charge in [0.1, 0.15) is 5.71 Å². The Bertz CT molecular complexity index is 412. The molecule has 0 aliphatic carbocycles. The predicted molar refractivity (Wildman–Crippen MR) is 60.2 cm³/mol. The Balaban J connectivity index is 1.91. The number of halogens is 3. The number of alkyl halides is 3. The Kier molecular flexibility index (Phi) is 3.77. The van der Waals surface area contributed by atoms with Gasteiger partial charge in [-0.05, 0) is 12.8 Å². The summed E-state index contributed by atoms with van der Waals surface area (Å²) in [5.74, 6) is -1.96. The van der Waals surface area contributed by atoms with Crippen LogP contribution in [0.15, 0.2) is 5.10 Å². The quantitative estimate of drug-likeness (QED) is 0.779. The first kappa shape index (κ1) is 13.8. The highest BCUT2D eigenvalue weighted by Crippen LogP contribution is 2.34. The number of hydrogen-bond acceptors (Lipinski definition) is 3. The molecular formula is C11H14F3N3O2. The number of hydrogen-bond donors (Lipinski definition) is 1. The van der Waals surface area contributed by atoms with E-state index in [-0.39, 0.29) is 56.3 Å². The van der Waals surface area contributed by atoms with E-state index in [1.54, 1.807) is 0 Å².